The molecule has 18 heavy (non-hydrogen) atoms. The fourth-order valence-corrected chi connectivity index (χ4v) is 2.01. The van der Waals surface area contributed by atoms with E-state index in [0.717, 1.165) is 17.7 Å². The minimum Gasteiger partial charge on any atom is -0.497 e. The van der Waals surface area contributed by atoms with Gasteiger partial charge in [-0.25, -0.2) is 0 Å². The van der Waals surface area contributed by atoms with Crippen molar-refractivity contribution in [3.8, 4) is 11.8 Å². The number of hydrogen-bond acceptors (Lipinski definition) is 3. The van der Waals surface area contributed by atoms with Crippen molar-refractivity contribution >= 4 is 5.91 Å². The van der Waals surface area contributed by atoms with Crippen molar-refractivity contribution in [2.45, 2.75) is 25.8 Å². The molecule has 4 heteroatoms. The molecule has 4 nitrogen and oxygen atoms in total. The normalized spacial score (nSPS) is 16.2. The zero-order chi connectivity index (χ0) is 13.0. The number of nitrogens with one attached hydrogen (secondary N) is 1. The van der Waals surface area contributed by atoms with Crippen LogP contribution in [0.5, 0.6) is 5.75 Å². The number of amides is 1. The van der Waals surface area contributed by atoms with Gasteiger partial charge in [-0.1, -0.05) is 12.1 Å². The van der Waals surface area contributed by atoms with Crippen LogP contribution in [0.25, 0.3) is 0 Å². The second-order valence-corrected chi connectivity index (χ2v) is 4.58. The van der Waals surface area contributed by atoms with Gasteiger partial charge in [-0.2, -0.15) is 5.26 Å². The Morgan fingerprint density at radius 1 is 1.44 bits per heavy atom. The topological polar surface area (TPSA) is 62.1 Å². The van der Waals surface area contributed by atoms with Crippen molar-refractivity contribution in [2.24, 2.45) is 5.41 Å². The molecular formula is C14H16N2O2. The lowest BCUT2D eigenvalue weighted by Gasteiger charge is -2.33. The van der Waals surface area contributed by atoms with E-state index in [1.807, 2.05) is 24.3 Å². The molecule has 1 amide bonds. The third kappa shape index (κ3) is 2.30. The number of rotatable bonds is 4. The molecule has 0 radical (unpaired) electrons. The van der Waals surface area contributed by atoms with Gasteiger partial charge in [-0.3, -0.25) is 4.79 Å². The van der Waals surface area contributed by atoms with Gasteiger partial charge in [0.2, 0.25) is 5.91 Å². The van der Waals surface area contributed by atoms with Crippen LogP contribution in [-0.2, 0) is 11.3 Å². The molecule has 0 saturated heterocycles. The first kappa shape index (κ1) is 12.4. The lowest BCUT2D eigenvalue weighted by Crippen LogP contribution is -2.44. The standard InChI is InChI=1S/C14H16N2O2/c1-18-12-5-3-11(4-6-12)9-16-13(17)14(10-15)7-2-8-14/h3-6H,2,7-9H2,1H3,(H,16,17). The first-order valence-corrected chi connectivity index (χ1v) is 6.03. The maximum atomic E-state index is 11.9. The maximum Gasteiger partial charge on any atom is 0.240 e. The summed E-state index contributed by atoms with van der Waals surface area (Å²) in [5.41, 5.74) is 0.225. The van der Waals surface area contributed by atoms with Crippen molar-refractivity contribution in [3.05, 3.63) is 29.8 Å². The van der Waals surface area contributed by atoms with Crippen LogP contribution in [0.1, 0.15) is 24.8 Å². The van der Waals surface area contributed by atoms with E-state index in [0.29, 0.717) is 19.4 Å². The lowest BCUT2D eigenvalue weighted by atomic mass is 9.69. The van der Waals surface area contributed by atoms with Gasteiger partial charge >= 0.3 is 0 Å². The monoisotopic (exact) mass is 244 g/mol. The predicted octanol–water partition coefficient (Wildman–Crippen LogP) is 2.01. The molecule has 1 aliphatic carbocycles. The van der Waals surface area contributed by atoms with Crippen LogP contribution in [-0.4, -0.2) is 13.0 Å². The summed E-state index contributed by atoms with van der Waals surface area (Å²) < 4.78 is 5.06. The molecule has 1 aliphatic rings. The highest BCUT2D eigenvalue weighted by Gasteiger charge is 2.44. The molecule has 0 bridgehead atoms. The summed E-state index contributed by atoms with van der Waals surface area (Å²) in [5.74, 6) is 0.643. The second kappa shape index (κ2) is 5.09. The van der Waals surface area contributed by atoms with Crippen LogP contribution in [0.3, 0.4) is 0 Å². The van der Waals surface area contributed by atoms with Gasteiger partial charge in [0.15, 0.2) is 0 Å². The van der Waals surface area contributed by atoms with Gasteiger partial charge in [0.05, 0.1) is 13.2 Å². The Morgan fingerprint density at radius 2 is 2.11 bits per heavy atom. The van der Waals surface area contributed by atoms with Gasteiger partial charge in [0.1, 0.15) is 11.2 Å². The summed E-state index contributed by atoms with van der Waals surface area (Å²) in [6.07, 6.45) is 2.32. The number of carbonyl (C=O) groups is 1. The number of nitrogens with zero attached hydrogens (tertiary/aromatic N) is 1. The van der Waals surface area contributed by atoms with Crippen molar-refractivity contribution in [3.63, 3.8) is 0 Å². The van der Waals surface area contributed by atoms with E-state index >= 15 is 0 Å². The van der Waals surface area contributed by atoms with Gasteiger partial charge < -0.3 is 10.1 Å². The van der Waals surface area contributed by atoms with Crippen molar-refractivity contribution in [1.29, 1.82) is 5.26 Å². The van der Waals surface area contributed by atoms with Crippen LogP contribution in [0.15, 0.2) is 24.3 Å². The van der Waals surface area contributed by atoms with Crippen LogP contribution in [0.2, 0.25) is 0 Å². The first-order valence-electron chi connectivity index (χ1n) is 6.03. The molecule has 94 valence electrons. The van der Waals surface area contributed by atoms with E-state index in [1.54, 1.807) is 7.11 Å². The van der Waals surface area contributed by atoms with Crippen LogP contribution in [0, 0.1) is 16.7 Å². The SMILES string of the molecule is COc1ccc(CNC(=O)C2(C#N)CCC2)cc1. The molecule has 0 heterocycles. The number of benzene rings is 1. The van der Waals surface area contributed by atoms with Crippen LogP contribution < -0.4 is 10.1 Å². The number of methoxy groups -OCH3 is 1. The third-order valence-corrected chi connectivity index (χ3v) is 3.47. The Morgan fingerprint density at radius 3 is 2.56 bits per heavy atom. The highest BCUT2D eigenvalue weighted by Crippen LogP contribution is 2.40. The zero-order valence-electron chi connectivity index (χ0n) is 10.4. The van der Waals surface area contributed by atoms with E-state index < -0.39 is 5.41 Å². The van der Waals surface area contributed by atoms with Gasteiger partial charge in [0.25, 0.3) is 0 Å². The van der Waals surface area contributed by atoms with Gasteiger partial charge in [-0.15, -0.1) is 0 Å². The van der Waals surface area contributed by atoms with Gasteiger partial charge in [0, 0.05) is 6.54 Å². The number of ether oxygens (including phenoxy) is 1. The molecule has 0 aliphatic heterocycles. The minimum atomic E-state index is -0.771. The molecule has 0 spiro atoms. The Hall–Kier alpha value is -2.02. The molecule has 1 saturated carbocycles. The summed E-state index contributed by atoms with van der Waals surface area (Å²) in [6.45, 7) is 0.451. The number of nitriles is 1. The fraction of sp³-hybridized carbons (Fsp3) is 0.429. The molecule has 2 rings (SSSR count). The molecular weight excluding hydrogens is 228 g/mol. The molecule has 0 aromatic heterocycles. The molecule has 1 aromatic rings. The van der Waals surface area contributed by atoms with E-state index in [9.17, 15) is 4.79 Å². The Bertz CT molecular complexity index is 470. The van der Waals surface area contributed by atoms with E-state index in [2.05, 4.69) is 11.4 Å². The average molecular weight is 244 g/mol. The third-order valence-electron chi connectivity index (χ3n) is 3.47. The quantitative estimate of drug-likeness (QED) is 0.881. The van der Waals surface area contributed by atoms with E-state index in [-0.39, 0.29) is 5.91 Å². The molecule has 0 unspecified atom stereocenters. The minimum absolute atomic E-state index is 0.146. The average Bonchev–Trinajstić information content (AvgIpc) is 2.36. The second-order valence-electron chi connectivity index (χ2n) is 4.58. The van der Waals surface area contributed by atoms with E-state index in [4.69, 9.17) is 10.00 Å². The summed E-state index contributed by atoms with van der Waals surface area (Å²) in [6, 6.07) is 9.64. The van der Waals surface area contributed by atoms with Crippen molar-refractivity contribution in [2.75, 3.05) is 7.11 Å². The smallest absolute Gasteiger partial charge is 0.240 e. The van der Waals surface area contributed by atoms with E-state index in [1.165, 1.54) is 0 Å². The highest BCUT2D eigenvalue weighted by molar-refractivity contribution is 5.86. The summed E-state index contributed by atoms with van der Waals surface area (Å²) in [5, 5.41) is 11.9. The Labute approximate surface area is 107 Å². The van der Waals surface area contributed by atoms with Crippen LogP contribution >= 0.6 is 0 Å². The number of carbonyl (C=O) groups excluding carboxylic acids is 1. The molecule has 1 N–H and O–H groups in total. The summed E-state index contributed by atoms with van der Waals surface area (Å²) in [7, 11) is 1.62. The summed E-state index contributed by atoms with van der Waals surface area (Å²) in [4.78, 5) is 11.9. The van der Waals surface area contributed by atoms with Crippen LogP contribution in [0.4, 0.5) is 0 Å². The Kier molecular flexibility index (Phi) is 3.52. The largest absolute Gasteiger partial charge is 0.497 e. The van der Waals surface area contributed by atoms with Gasteiger partial charge in [-0.05, 0) is 37.0 Å². The lowest BCUT2D eigenvalue weighted by molar-refractivity contribution is -0.131. The summed E-state index contributed by atoms with van der Waals surface area (Å²) >= 11 is 0. The molecule has 1 fully saturated rings. The maximum absolute atomic E-state index is 11.9. The zero-order valence-corrected chi connectivity index (χ0v) is 10.4. The fourth-order valence-electron chi connectivity index (χ4n) is 2.01. The molecule has 0 atom stereocenters. The number of hydrogen-bond donors (Lipinski definition) is 1. The Balaban J connectivity index is 1.91. The highest BCUT2D eigenvalue weighted by atomic mass is 16.5. The predicted molar refractivity (Wildman–Crippen MR) is 66.7 cm³/mol. The van der Waals surface area contributed by atoms with Crippen molar-refractivity contribution in [1.82, 2.24) is 5.32 Å². The first-order chi connectivity index (χ1) is 8.70. The molecule has 1 aromatic carbocycles. The van der Waals surface area contributed by atoms with Crippen molar-refractivity contribution < 1.29 is 9.53 Å².